The van der Waals surface area contributed by atoms with Crippen LogP contribution in [-0.2, 0) is 11.3 Å². The van der Waals surface area contributed by atoms with Gasteiger partial charge in [-0.1, -0.05) is 6.07 Å². The molecule has 1 saturated heterocycles. The summed E-state index contributed by atoms with van der Waals surface area (Å²) in [5.74, 6) is 1.45. The zero-order chi connectivity index (χ0) is 22.0. The molecule has 4 rings (SSSR count). The summed E-state index contributed by atoms with van der Waals surface area (Å²) in [7, 11) is 0. The maximum atomic E-state index is 11.0. The van der Waals surface area contributed by atoms with Gasteiger partial charge in [0.1, 0.15) is 11.6 Å². The fraction of sp³-hybridized carbons (Fsp3) is 0.318. The van der Waals surface area contributed by atoms with Crippen molar-refractivity contribution < 1.29 is 9.66 Å². The number of nitrogens with one attached hydrogen (secondary N) is 1. The van der Waals surface area contributed by atoms with Gasteiger partial charge in [-0.2, -0.15) is 5.26 Å². The van der Waals surface area contributed by atoms with Crippen LogP contribution in [0, 0.1) is 21.4 Å². The van der Waals surface area contributed by atoms with E-state index in [0.717, 1.165) is 24.5 Å². The Hall–Kier alpha value is -3.77. The highest BCUT2D eigenvalue weighted by Gasteiger charge is 2.23. The number of pyridine rings is 2. The van der Waals surface area contributed by atoms with E-state index < -0.39 is 4.92 Å². The molecule has 1 aliphatic rings. The van der Waals surface area contributed by atoms with Crippen LogP contribution in [0.15, 0.2) is 42.6 Å². The van der Waals surface area contributed by atoms with Crippen LogP contribution in [0.25, 0.3) is 10.9 Å². The predicted molar refractivity (Wildman–Crippen MR) is 117 cm³/mol. The van der Waals surface area contributed by atoms with Crippen LogP contribution in [0.5, 0.6) is 0 Å². The number of nitro groups is 1. The van der Waals surface area contributed by atoms with Crippen molar-refractivity contribution in [1.29, 1.82) is 5.26 Å². The minimum atomic E-state index is -0.484. The molecule has 0 spiro atoms. The molecule has 1 fully saturated rings. The number of ether oxygens (including phenoxy) is 1. The molecule has 0 amide bonds. The smallest absolute Gasteiger partial charge is 0.270 e. The first-order valence-electron chi connectivity index (χ1n) is 10.0. The second-order valence-electron chi connectivity index (χ2n) is 7.67. The molecule has 3 aromatic rings. The van der Waals surface area contributed by atoms with Gasteiger partial charge in [0.15, 0.2) is 0 Å². The lowest BCUT2D eigenvalue weighted by atomic mass is 10.1. The molecule has 9 heteroatoms. The van der Waals surface area contributed by atoms with Crippen molar-refractivity contribution in [3.63, 3.8) is 0 Å². The zero-order valence-electron chi connectivity index (χ0n) is 17.3. The van der Waals surface area contributed by atoms with Crippen LogP contribution < -0.4 is 10.2 Å². The maximum absolute atomic E-state index is 11.0. The lowest BCUT2D eigenvalue weighted by molar-refractivity contribution is -0.384. The highest BCUT2D eigenvalue weighted by atomic mass is 16.6. The Morgan fingerprint density at radius 3 is 2.68 bits per heavy atom. The van der Waals surface area contributed by atoms with Crippen molar-refractivity contribution in [3.05, 3.63) is 63.8 Å². The number of anilines is 2. The number of hydrogen-bond donors (Lipinski definition) is 1. The first kappa shape index (κ1) is 20.5. The van der Waals surface area contributed by atoms with Crippen LogP contribution in [0.4, 0.5) is 17.3 Å². The largest absolute Gasteiger partial charge is 0.372 e. The van der Waals surface area contributed by atoms with E-state index in [1.54, 1.807) is 12.1 Å². The number of nitro benzene ring substituents is 1. The van der Waals surface area contributed by atoms with Gasteiger partial charge in [0.25, 0.3) is 5.69 Å². The lowest BCUT2D eigenvalue weighted by Crippen LogP contribution is -2.45. The number of nitriles is 1. The molecule has 2 unspecified atom stereocenters. The Balaban J connectivity index is 1.48. The van der Waals surface area contributed by atoms with Gasteiger partial charge in [0, 0.05) is 43.4 Å². The summed E-state index contributed by atoms with van der Waals surface area (Å²) in [5, 5.41) is 24.1. The van der Waals surface area contributed by atoms with Gasteiger partial charge in [-0.15, -0.1) is 0 Å². The summed E-state index contributed by atoms with van der Waals surface area (Å²) in [6, 6.07) is 12.0. The third-order valence-corrected chi connectivity index (χ3v) is 5.15. The van der Waals surface area contributed by atoms with Crippen molar-refractivity contribution in [2.24, 2.45) is 0 Å². The Kier molecular flexibility index (Phi) is 5.64. The quantitative estimate of drug-likeness (QED) is 0.493. The maximum Gasteiger partial charge on any atom is 0.270 e. The van der Waals surface area contributed by atoms with Gasteiger partial charge in [0.2, 0.25) is 0 Å². The monoisotopic (exact) mass is 418 g/mol. The Morgan fingerprint density at radius 1 is 1.26 bits per heavy atom. The molecule has 1 aliphatic heterocycles. The fourth-order valence-corrected chi connectivity index (χ4v) is 3.78. The minimum absolute atomic E-state index is 0.0678. The number of non-ortho nitro benzene ring substituents is 1. The van der Waals surface area contributed by atoms with E-state index in [1.165, 1.54) is 12.1 Å². The van der Waals surface area contributed by atoms with Crippen LogP contribution >= 0.6 is 0 Å². The van der Waals surface area contributed by atoms with Gasteiger partial charge in [-0.3, -0.25) is 10.1 Å². The van der Waals surface area contributed by atoms with E-state index in [-0.39, 0.29) is 17.9 Å². The molecular weight excluding hydrogens is 396 g/mol. The van der Waals surface area contributed by atoms with E-state index in [4.69, 9.17) is 4.74 Å². The topological polar surface area (TPSA) is 117 Å². The molecule has 0 bridgehead atoms. The third kappa shape index (κ3) is 4.54. The second kappa shape index (κ2) is 8.53. The van der Waals surface area contributed by atoms with Crippen molar-refractivity contribution in [2.45, 2.75) is 32.6 Å². The fourth-order valence-electron chi connectivity index (χ4n) is 3.78. The van der Waals surface area contributed by atoms with Crippen LogP contribution in [0.2, 0.25) is 0 Å². The van der Waals surface area contributed by atoms with Crippen LogP contribution in [-0.4, -0.2) is 40.2 Å². The molecule has 2 aromatic heterocycles. The standard InChI is InChI=1S/C22H22N6O3/c1-14-12-27(13-15(2)31-14)22-6-3-16(11-25-22)10-24-21-7-17(9-23)19-8-18(28(29)30)4-5-20(19)26-21/h3-8,11,14-15H,10,12-13H2,1-2H3,(H,24,26). The number of rotatable bonds is 5. The average molecular weight is 418 g/mol. The number of benzene rings is 1. The number of aromatic nitrogens is 2. The molecule has 9 nitrogen and oxygen atoms in total. The van der Waals surface area contributed by atoms with E-state index in [9.17, 15) is 15.4 Å². The molecule has 0 radical (unpaired) electrons. The number of morpholine rings is 1. The van der Waals surface area contributed by atoms with Crippen molar-refractivity contribution in [2.75, 3.05) is 23.3 Å². The number of fused-ring (bicyclic) bond motifs is 1. The van der Waals surface area contributed by atoms with Crippen molar-refractivity contribution in [1.82, 2.24) is 9.97 Å². The SMILES string of the molecule is CC1CN(c2ccc(CNc3cc(C#N)c4cc([N+](=O)[O-])ccc4n3)cn2)CC(C)O1. The summed E-state index contributed by atoms with van der Waals surface area (Å²) in [6.45, 7) is 6.23. The summed E-state index contributed by atoms with van der Waals surface area (Å²) in [6.07, 6.45) is 2.16. The Morgan fingerprint density at radius 2 is 2.03 bits per heavy atom. The molecule has 0 aliphatic carbocycles. The highest BCUT2D eigenvalue weighted by molar-refractivity contribution is 5.88. The molecular formula is C22H22N6O3. The van der Waals surface area contributed by atoms with E-state index in [1.807, 2.05) is 18.3 Å². The molecule has 31 heavy (non-hydrogen) atoms. The molecule has 3 heterocycles. The number of hydrogen-bond acceptors (Lipinski definition) is 8. The van der Waals surface area contributed by atoms with Gasteiger partial charge in [0.05, 0.1) is 34.3 Å². The molecule has 1 aromatic carbocycles. The normalized spacial score (nSPS) is 18.5. The molecule has 1 N–H and O–H groups in total. The van der Waals surface area contributed by atoms with Crippen LogP contribution in [0.1, 0.15) is 25.0 Å². The second-order valence-corrected chi connectivity index (χ2v) is 7.67. The Labute approximate surface area is 179 Å². The van der Waals surface area contributed by atoms with Gasteiger partial charge in [-0.05, 0) is 37.6 Å². The molecule has 2 atom stereocenters. The molecule has 0 saturated carbocycles. The summed E-state index contributed by atoms with van der Waals surface area (Å²) in [5.41, 5.74) is 1.76. The van der Waals surface area contributed by atoms with Gasteiger partial charge in [-0.25, -0.2) is 9.97 Å². The molecule has 158 valence electrons. The van der Waals surface area contributed by atoms with Gasteiger partial charge < -0.3 is 15.0 Å². The van der Waals surface area contributed by atoms with Crippen molar-refractivity contribution in [3.8, 4) is 6.07 Å². The highest BCUT2D eigenvalue weighted by Crippen LogP contribution is 2.25. The predicted octanol–water partition coefficient (Wildman–Crippen LogP) is 3.64. The van der Waals surface area contributed by atoms with E-state index in [0.29, 0.717) is 28.8 Å². The lowest BCUT2D eigenvalue weighted by Gasteiger charge is -2.36. The summed E-state index contributed by atoms with van der Waals surface area (Å²) >= 11 is 0. The zero-order valence-corrected chi connectivity index (χ0v) is 17.3. The average Bonchev–Trinajstić information content (AvgIpc) is 2.76. The number of nitrogens with zero attached hydrogens (tertiary/aromatic N) is 5. The van der Waals surface area contributed by atoms with E-state index >= 15 is 0 Å². The van der Waals surface area contributed by atoms with Crippen LogP contribution in [0.3, 0.4) is 0 Å². The van der Waals surface area contributed by atoms with E-state index in [2.05, 4.69) is 40.1 Å². The summed E-state index contributed by atoms with van der Waals surface area (Å²) < 4.78 is 5.77. The minimum Gasteiger partial charge on any atom is -0.372 e. The Bertz CT molecular complexity index is 1150. The first-order chi connectivity index (χ1) is 14.9. The van der Waals surface area contributed by atoms with Gasteiger partial charge >= 0.3 is 0 Å². The van der Waals surface area contributed by atoms with Crippen molar-refractivity contribution >= 4 is 28.2 Å². The summed E-state index contributed by atoms with van der Waals surface area (Å²) in [4.78, 5) is 21.8. The third-order valence-electron chi connectivity index (χ3n) is 5.15. The first-order valence-corrected chi connectivity index (χ1v) is 10.0.